The van der Waals surface area contributed by atoms with Crippen molar-refractivity contribution in [2.24, 2.45) is 5.73 Å². The fourth-order valence-electron chi connectivity index (χ4n) is 2.43. The largest absolute Gasteiger partial charge is 0.383 e. The summed E-state index contributed by atoms with van der Waals surface area (Å²) >= 11 is 0. The van der Waals surface area contributed by atoms with E-state index < -0.39 is 5.54 Å². The molecule has 100 valence electrons. The number of methoxy groups -OCH3 is 1. The second kappa shape index (κ2) is 6.33. The Morgan fingerprint density at radius 1 is 1.59 bits per heavy atom. The van der Waals surface area contributed by atoms with Crippen molar-refractivity contribution in [1.29, 1.82) is 0 Å². The Hall–Kier alpha value is -0.650. The summed E-state index contributed by atoms with van der Waals surface area (Å²) in [5.41, 5.74) is 5.10. The summed E-state index contributed by atoms with van der Waals surface area (Å²) in [5.74, 6) is 0.0950. The van der Waals surface area contributed by atoms with Crippen LogP contribution in [0.2, 0.25) is 0 Å². The summed E-state index contributed by atoms with van der Waals surface area (Å²) in [5, 5.41) is 2.91. The molecule has 1 aliphatic heterocycles. The molecule has 3 N–H and O–H groups in total. The van der Waals surface area contributed by atoms with Gasteiger partial charge in [0.15, 0.2) is 0 Å². The maximum atomic E-state index is 11.9. The number of ether oxygens (including phenoxy) is 1. The molecule has 5 heteroatoms. The smallest absolute Gasteiger partial charge is 0.240 e. The zero-order valence-electron chi connectivity index (χ0n) is 11.2. The van der Waals surface area contributed by atoms with Crippen molar-refractivity contribution in [3.05, 3.63) is 0 Å². The monoisotopic (exact) mass is 243 g/mol. The van der Waals surface area contributed by atoms with Gasteiger partial charge >= 0.3 is 0 Å². The summed E-state index contributed by atoms with van der Waals surface area (Å²) in [7, 11) is 1.70. The number of nitrogens with one attached hydrogen (secondary N) is 1. The lowest BCUT2D eigenvalue weighted by Crippen LogP contribution is -2.65. The molecule has 0 radical (unpaired) electrons. The van der Waals surface area contributed by atoms with Gasteiger partial charge in [-0.05, 0) is 33.2 Å². The molecule has 1 unspecified atom stereocenters. The van der Waals surface area contributed by atoms with Gasteiger partial charge in [0, 0.05) is 26.2 Å². The van der Waals surface area contributed by atoms with Crippen LogP contribution in [0.25, 0.3) is 0 Å². The number of hydrogen-bond acceptors (Lipinski definition) is 4. The van der Waals surface area contributed by atoms with E-state index in [1.807, 2.05) is 13.8 Å². The second-order valence-electron chi connectivity index (χ2n) is 5.05. The van der Waals surface area contributed by atoms with Gasteiger partial charge in [0.25, 0.3) is 0 Å². The number of amides is 1. The molecule has 0 aliphatic carbocycles. The van der Waals surface area contributed by atoms with Crippen molar-refractivity contribution >= 4 is 5.91 Å². The normalized spacial score (nSPS) is 22.2. The van der Waals surface area contributed by atoms with Crippen LogP contribution >= 0.6 is 0 Å². The molecule has 0 spiro atoms. The van der Waals surface area contributed by atoms with E-state index in [0.717, 1.165) is 19.4 Å². The van der Waals surface area contributed by atoms with E-state index >= 15 is 0 Å². The first-order valence-corrected chi connectivity index (χ1v) is 6.28. The fourth-order valence-corrected chi connectivity index (χ4v) is 2.43. The molecule has 5 nitrogen and oxygen atoms in total. The van der Waals surface area contributed by atoms with E-state index in [9.17, 15) is 4.79 Å². The highest BCUT2D eigenvalue weighted by molar-refractivity contribution is 5.86. The van der Waals surface area contributed by atoms with E-state index in [4.69, 9.17) is 10.5 Å². The van der Waals surface area contributed by atoms with E-state index in [0.29, 0.717) is 19.7 Å². The molecule has 1 atom stereocenters. The van der Waals surface area contributed by atoms with Crippen LogP contribution in [0, 0.1) is 0 Å². The van der Waals surface area contributed by atoms with Crippen molar-refractivity contribution in [3.63, 3.8) is 0 Å². The third-order valence-corrected chi connectivity index (χ3v) is 3.45. The minimum Gasteiger partial charge on any atom is -0.383 e. The molecule has 1 fully saturated rings. The average molecular weight is 243 g/mol. The summed E-state index contributed by atoms with van der Waals surface area (Å²) in [6.07, 6.45) is 1.93. The van der Waals surface area contributed by atoms with Crippen LogP contribution in [0.4, 0.5) is 0 Å². The Kier molecular flexibility index (Phi) is 5.36. The third kappa shape index (κ3) is 3.40. The molecular formula is C12H25N3O2. The quantitative estimate of drug-likeness (QED) is 0.686. The standard InChI is InChI=1S/C12H25N3O2/c1-12(2)11(16)14-7-8-15(12)10(9-17-3)5-4-6-13/h10H,4-9,13H2,1-3H3,(H,14,16). The number of nitrogens with two attached hydrogens (primary N) is 1. The highest BCUT2D eigenvalue weighted by Crippen LogP contribution is 2.23. The molecule has 1 amide bonds. The zero-order valence-corrected chi connectivity index (χ0v) is 11.2. The number of carbonyl (C=O) groups is 1. The van der Waals surface area contributed by atoms with Gasteiger partial charge in [-0.25, -0.2) is 0 Å². The molecule has 0 saturated carbocycles. The zero-order chi connectivity index (χ0) is 12.9. The molecule has 0 bridgehead atoms. The maximum absolute atomic E-state index is 11.9. The van der Waals surface area contributed by atoms with E-state index in [1.54, 1.807) is 7.11 Å². The van der Waals surface area contributed by atoms with Crippen molar-refractivity contribution in [3.8, 4) is 0 Å². The molecule has 1 saturated heterocycles. The number of hydrogen-bond donors (Lipinski definition) is 2. The van der Waals surface area contributed by atoms with E-state index in [-0.39, 0.29) is 11.9 Å². The van der Waals surface area contributed by atoms with Crippen LogP contribution < -0.4 is 11.1 Å². The van der Waals surface area contributed by atoms with Gasteiger partial charge in [-0.1, -0.05) is 0 Å². The van der Waals surface area contributed by atoms with Crippen LogP contribution in [0.5, 0.6) is 0 Å². The summed E-state index contributed by atoms with van der Waals surface area (Å²) < 4.78 is 5.27. The molecule has 0 aromatic heterocycles. The van der Waals surface area contributed by atoms with Crippen LogP contribution in [0.1, 0.15) is 26.7 Å². The number of rotatable bonds is 6. The highest BCUT2D eigenvalue weighted by Gasteiger charge is 2.40. The minimum atomic E-state index is -0.462. The molecule has 0 aromatic carbocycles. The lowest BCUT2D eigenvalue weighted by molar-refractivity contribution is -0.138. The van der Waals surface area contributed by atoms with Gasteiger partial charge in [-0.2, -0.15) is 0 Å². The van der Waals surface area contributed by atoms with Gasteiger partial charge < -0.3 is 15.8 Å². The van der Waals surface area contributed by atoms with Crippen LogP contribution in [-0.4, -0.2) is 55.7 Å². The maximum Gasteiger partial charge on any atom is 0.240 e. The second-order valence-corrected chi connectivity index (χ2v) is 5.05. The summed E-state index contributed by atoms with van der Waals surface area (Å²) in [6.45, 7) is 6.85. The first kappa shape index (κ1) is 14.4. The number of piperazine rings is 1. The molecule has 1 heterocycles. The van der Waals surface area contributed by atoms with Crippen LogP contribution in [0.15, 0.2) is 0 Å². The predicted octanol–water partition coefficient (Wildman–Crippen LogP) is -0.0493. The summed E-state index contributed by atoms with van der Waals surface area (Å²) in [4.78, 5) is 14.1. The molecule has 17 heavy (non-hydrogen) atoms. The topological polar surface area (TPSA) is 67.6 Å². The van der Waals surface area contributed by atoms with E-state index in [2.05, 4.69) is 10.2 Å². The van der Waals surface area contributed by atoms with Gasteiger partial charge in [0.1, 0.15) is 0 Å². The Bertz CT molecular complexity index is 256. The minimum absolute atomic E-state index is 0.0950. The van der Waals surface area contributed by atoms with Crippen molar-refractivity contribution < 1.29 is 9.53 Å². The third-order valence-electron chi connectivity index (χ3n) is 3.45. The van der Waals surface area contributed by atoms with Crippen molar-refractivity contribution in [1.82, 2.24) is 10.2 Å². The molecule has 1 rings (SSSR count). The van der Waals surface area contributed by atoms with Crippen LogP contribution in [-0.2, 0) is 9.53 Å². The first-order chi connectivity index (χ1) is 8.04. The molecule has 0 aromatic rings. The SMILES string of the molecule is COCC(CCCN)N1CCNC(=O)C1(C)C. The highest BCUT2D eigenvalue weighted by atomic mass is 16.5. The van der Waals surface area contributed by atoms with Crippen molar-refractivity contribution in [2.75, 3.05) is 33.4 Å². The Balaban J connectivity index is 2.73. The Morgan fingerprint density at radius 3 is 2.88 bits per heavy atom. The predicted molar refractivity (Wildman–Crippen MR) is 67.7 cm³/mol. The number of nitrogens with zero attached hydrogens (tertiary/aromatic N) is 1. The van der Waals surface area contributed by atoms with Gasteiger partial charge in [0.2, 0.25) is 5.91 Å². The molecular weight excluding hydrogens is 218 g/mol. The lowest BCUT2D eigenvalue weighted by atomic mass is 9.95. The van der Waals surface area contributed by atoms with E-state index in [1.165, 1.54) is 0 Å². The summed E-state index contributed by atoms with van der Waals surface area (Å²) in [6, 6.07) is 0.268. The first-order valence-electron chi connectivity index (χ1n) is 6.28. The fraction of sp³-hybridized carbons (Fsp3) is 0.917. The molecule has 1 aliphatic rings. The van der Waals surface area contributed by atoms with Gasteiger partial charge in [-0.3, -0.25) is 9.69 Å². The van der Waals surface area contributed by atoms with Gasteiger partial charge in [0.05, 0.1) is 12.1 Å². The van der Waals surface area contributed by atoms with Gasteiger partial charge in [-0.15, -0.1) is 0 Å². The lowest BCUT2D eigenvalue weighted by Gasteiger charge is -2.45. The Morgan fingerprint density at radius 2 is 2.29 bits per heavy atom. The average Bonchev–Trinajstić information content (AvgIpc) is 2.28. The Labute approximate surface area is 104 Å². The van der Waals surface area contributed by atoms with Crippen LogP contribution in [0.3, 0.4) is 0 Å². The number of carbonyl (C=O) groups excluding carboxylic acids is 1. The van der Waals surface area contributed by atoms with Crippen molar-refractivity contribution in [2.45, 2.75) is 38.3 Å².